The van der Waals surface area contributed by atoms with Crippen LogP contribution in [0, 0.1) is 0 Å². The average molecular weight is 515 g/mol. The molecule has 8 aromatic rings. The van der Waals surface area contributed by atoms with E-state index in [0.717, 1.165) is 44.7 Å². The summed E-state index contributed by atoms with van der Waals surface area (Å²) in [7, 11) is 0. The average Bonchev–Trinajstić information content (AvgIpc) is 3.40. The fraction of sp³-hybridized carbons (Fsp3) is 0. The second kappa shape index (κ2) is 8.87. The molecule has 0 aliphatic heterocycles. The topological polar surface area (TPSA) is 25.8 Å². The molecule has 0 saturated carbocycles. The van der Waals surface area contributed by atoms with Crippen LogP contribution in [-0.2, 0) is 0 Å². The van der Waals surface area contributed by atoms with Crippen LogP contribution in [0.4, 0.5) is 0 Å². The molecule has 182 valence electrons. The van der Waals surface area contributed by atoms with Gasteiger partial charge in [0.15, 0.2) is 0 Å². The molecule has 0 atom stereocenters. The van der Waals surface area contributed by atoms with Gasteiger partial charge in [-0.25, -0.2) is 9.97 Å². The molecule has 0 aliphatic rings. The maximum absolute atomic E-state index is 5.32. The van der Waals surface area contributed by atoms with E-state index in [1.807, 2.05) is 17.4 Å². The number of pyridine rings is 2. The van der Waals surface area contributed by atoms with Crippen LogP contribution in [0.15, 0.2) is 133 Å². The zero-order valence-corrected chi connectivity index (χ0v) is 21.8. The van der Waals surface area contributed by atoms with Gasteiger partial charge in [0.25, 0.3) is 0 Å². The smallest absolute Gasteiger partial charge is 0.0972 e. The predicted molar refractivity (Wildman–Crippen MR) is 166 cm³/mol. The molecule has 39 heavy (non-hydrogen) atoms. The summed E-state index contributed by atoms with van der Waals surface area (Å²) in [5.41, 5.74) is 7.10. The van der Waals surface area contributed by atoms with E-state index in [4.69, 9.17) is 9.97 Å². The van der Waals surface area contributed by atoms with Crippen molar-refractivity contribution in [2.75, 3.05) is 0 Å². The first-order chi connectivity index (χ1) is 19.3. The van der Waals surface area contributed by atoms with Gasteiger partial charge in [-0.1, -0.05) is 103 Å². The molecule has 0 N–H and O–H groups in total. The summed E-state index contributed by atoms with van der Waals surface area (Å²) in [5.74, 6) is 0. The maximum Gasteiger partial charge on any atom is 0.0972 e. The van der Waals surface area contributed by atoms with E-state index in [0.29, 0.717) is 0 Å². The summed E-state index contributed by atoms with van der Waals surface area (Å²) in [6.45, 7) is 0. The van der Waals surface area contributed by atoms with Gasteiger partial charge in [0.2, 0.25) is 0 Å². The van der Waals surface area contributed by atoms with Crippen molar-refractivity contribution < 1.29 is 0 Å². The normalized spacial score (nSPS) is 11.6. The number of aromatic nitrogens is 2. The minimum atomic E-state index is 0.878. The number of hydrogen-bond acceptors (Lipinski definition) is 3. The lowest BCUT2D eigenvalue weighted by molar-refractivity contribution is 1.29. The highest BCUT2D eigenvalue weighted by Crippen LogP contribution is 2.42. The van der Waals surface area contributed by atoms with E-state index in [9.17, 15) is 0 Å². The van der Waals surface area contributed by atoms with Gasteiger partial charge >= 0.3 is 0 Å². The second-order valence-corrected chi connectivity index (χ2v) is 10.9. The number of benzene rings is 5. The van der Waals surface area contributed by atoms with Crippen molar-refractivity contribution in [1.29, 1.82) is 0 Å². The Balaban J connectivity index is 1.47. The molecule has 8 rings (SSSR count). The molecule has 3 aromatic heterocycles. The molecule has 0 fully saturated rings. The Labute approximate surface area is 229 Å². The van der Waals surface area contributed by atoms with Crippen molar-refractivity contribution in [3.8, 4) is 33.8 Å². The van der Waals surface area contributed by atoms with Crippen LogP contribution in [0.2, 0.25) is 0 Å². The number of nitrogens with zero attached hydrogens (tertiary/aromatic N) is 2. The van der Waals surface area contributed by atoms with Crippen LogP contribution in [-0.4, -0.2) is 9.97 Å². The SMILES string of the molecule is c1ccc(-c2cc(-c3ccccc3)nc(-c3nc4ccc5sc6ccccc6c5c4c4ccccc34)c2)cc1. The number of thiophene rings is 1. The minimum absolute atomic E-state index is 0.878. The molecule has 0 saturated heterocycles. The zero-order valence-electron chi connectivity index (χ0n) is 21.0. The third-order valence-corrected chi connectivity index (χ3v) is 8.59. The first-order valence-electron chi connectivity index (χ1n) is 13.1. The van der Waals surface area contributed by atoms with E-state index in [-0.39, 0.29) is 0 Å². The van der Waals surface area contributed by atoms with Crippen LogP contribution < -0.4 is 0 Å². The standard InChI is InChI=1S/C36H22N2S/c1-3-11-23(12-4-1)25-21-30(24-13-5-2-6-14-24)37-31(22-25)36-27-16-8-7-15-26(27)34-29(38-36)19-20-33-35(34)28-17-9-10-18-32(28)39-33/h1-22H. The Hall–Kier alpha value is -4.86. The van der Waals surface area contributed by atoms with Crippen molar-refractivity contribution in [1.82, 2.24) is 9.97 Å². The molecule has 3 heterocycles. The van der Waals surface area contributed by atoms with Gasteiger partial charge in [-0.15, -0.1) is 11.3 Å². The molecule has 0 bridgehead atoms. The van der Waals surface area contributed by atoms with E-state index in [2.05, 4.69) is 127 Å². The van der Waals surface area contributed by atoms with Gasteiger partial charge in [-0.2, -0.15) is 0 Å². The van der Waals surface area contributed by atoms with Crippen LogP contribution in [0.25, 0.3) is 75.6 Å². The van der Waals surface area contributed by atoms with E-state index < -0.39 is 0 Å². The second-order valence-electron chi connectivity index (χ2n) is 9.80. The lowest BCUT2D eigenvalue weighted by atomic mass is 9.97. The summed E-state index contributed by atoms with van der Waals surface area (Å²) in [6, 6.07) is 47.0. The highest BCUT2D eigenvalue weighted by molar-refractivity contribution is 7.26. The fourth-order valence-electron chi connectivity index (χ4n) is 5.66. The highest BCUT2D eigenvalue weighted by atomic mass is 32.1. The predicted octanol–water partition coefficient (Wildman–Crippen LogP) is 10.2. The molecular weight excluding hydrogens is 492 g/mol. The molecule has 0 aliphatic carbocycles. The monoisotopic (exact) mass is 514 g/mol. The number of fused-ring (bicyclic) bond motifs is 7. The Morgan fingerprint density at radius 1 is 0.410 bits per heavy atom. The van der Waals surface area contributed by atoms with Crippen molar-refractivity contribution >= 4 is 53.2 Å². The summed E-state index contributed by atoms with van der Waals surface area (Å²) >= 11 is 1.84. The van der Waals surface area contributed by atoms with Crippen LogP contribution in [0.5, 0.6) is 0 Å². The zero-order chi connectivity index (χ0) is 25.8. The van der Waals surface area contributed by atoms with Crippen molar-refractivity contribution in [2.24, 2.45) is 0 Å². The number of hydrogen-bond donors (Lipinski definition) is 0. The van der Waals surface area contributed by atoms with Crippen LogP contribution in [0.1, 0.15) is 0 Å². The van der Waals surface area contributed by atoms with Crippen LogP contribution in [0.3, 0.4) is 0 Å². The third kappa shape index (κ3) is 3.63. The summed E-state index contributed by atoms with van der Waals surface area (Å²) in [6.07, 6.45) is 0. The fourth-order valence-corrected chi connectivity index (χ4v) is 6.77. The van der Waals surface area contributed by atoms with Gasteiger partial charge < -0.3 is 0 Å². The van der Waals surface area contributed by atoms with E-state index in [1.54, 1.807) is 0 Å². The molecule has 0 unspecified atom stereocenters. The Kier molecular flexibility index (Phi) is 5.04. The van der Waals surface area contributed by atoms with Gasteiger partial charge in [-0.3, -0.25) is 0 Å². The molecule has 3 heteroatoms. The summed E-state index contributed by atoms with van der Waals surface area (Å²) in [4.78, 5) is 10.5. The molecule has 0 radical (unpaired) electrons. The van der Waals surface area contributed by atoms with Crippen molar-refractivity contribution in [3.63, 3.8) is 0 Å². The Bertz CT molecular complexity index is 2110. The quantitative estimate of drug-likeness (QED) is 0.219. The molecular formula is C36H22N2S. The number of rotatable bonds is 3. The minimum Gasteiger partial charge on any atom is -0.246 e. The largest absolute Gasteiger partial charge is 0.246 e. The first-order valence-corrected chi connectivity index (χ1v) is 13.9. The molecule has 5 aromatic carbocycles. The molecule has 0 amide bonds. The van der Waals surface area contributed by atoms with Gasteiger partial charge in [0.05, 0.1) is 22.6 Å². The van der Waals surface area contributed by atoms with Gasteiger partial charge in [0.1, 0.15) is 0 Å². The third-order valence-electron chi connectivity index (χ3n) is 7.45. The highest BCUT2D eigenvalue weighted by Gasteiger charge is 2.17. The lowest BCUT2D eigenvalue weighted by Gasteiger charge is -2.14. The lowest BCUT2D eigenvalue weighted by Crippen LogP contribution is -1.95. The summed E-state index contributed by atoms with van der Waals surface area (Å²) in [5, 5.41) is 6.12. The van der Waals surface area contributed by atoms with E-state index in [1.165, 1.54) is 30.9 Å². The van der Waals surface area contributed by atoms with E-state index >= 15 is 0 Å². The molecule has 0 spiro atoms. The van der Waals surface area contributed by atoms with Crippen molar-refractivity contribution in [3.05, 3.63) is 133 Å². The Morgan fingerprint density at radius 2 is 1.05 bits per heavy atom. The van der Waals surface area contributed by atoms with Crippen molar-refractivity contribution in [2.45, 2.75) is 0 Å². The maximum atomic E-state index is 5.32. The van der Waals surface area contributed by atoms with Gasteiger partial charge in [0, 0.05) is 36.5 Å². The Morgan fingerprint density at radius 3 is 1.85 bits per heavy atom. The van der Waals surface area contributed by atoms with Crippen LogP contribution >= 0.6 is 11.3 Å². The molecule has 2 nitrogen and oxygen atoms in total. The first kappa shape index (κ1) is 22.2. The summed E-state index contributed by atoms with van der Waals surface area (Å²) < 4.78 is 2.59. The van der Waals surface area contributed by atoms with Gasteiger partial charge in [-0.05, 0) is 46.8 Å².